The number of aromatic nitrogens is 2. The fourth-order valence-corrected chi connectivity index (χ4v) is 1.48. The van der Waals surface area contributed by atoms with Crippen molar-refractivity contribution in [2.45, 2.75) is 20.4 Å². The molecule has 0 aliphatic carbocycles. The van der Waals surface area contributed by atoms with Crippen molar-refractivity contribution in [1.29, 1.82) is 0 Å². The molecule has 4 heteroatoms. The number of furan rings is 1. The summed E-state index contributed by atoms with van der Waals surface area (Å²) in [4.78, 5) is 7.49. The standard InChI is InChI=1S/C12H17N3O/c1-9(2)6-13-7-10-8-14-12(15-10)11-4-3-5-16-11/h3-5,8-9,13H,6-7H2,1-2H3,(H,14,15). The van der Waals surface area contributed by atoms with Crippen molar-refractivity contribution in [3.05, 3.63) is 30.3 Å². The first-order chi connectivity index (χ1) is 7.75. The van der Waals surface area contributed by atoms with E-state index in [9.17, 15) is 0 Å². The summed E-state index contributed by atoms with van der Waals surface area (Å²) < 4.78 is 5.26. The highest BCUT2D eigenvalue weighted by Crippen LogP contribution is 2.15. The lowest BCUT2D eigenvalue weighted by Crippen LogP contribution is -2.19. The van der Waals surface area contributed by atoms with Crippen LogP contribution in [-0.2, 0) is 6.54 Å². The minimum absolute atomic E-state index is 0.660. The van der Waals surface area contributed by atoms with Crippen molar-refractivity contribution in [1.82, 2.24) is 15.3 Å². The highest BCUT2D eigenvalue weighted by atomic mass is 16.3. The number of H-pyrrole nitrogens is 1. The van der Waals surface area contributed by atoms with Crippen molar-refractivity contribution < 1.29 is 4.42 Å². The number of rotatable bonds is 5. The molecule has 0 unspecified atom stereocenters. The summed E-state index contributed by atoms with van der Waals surface area (Å²) in [6.45, 7) is 6.20. The van der Waals surface area contributed by atoms with Crippen LogP contribution in [-0.4, -0.2) is 16.5 Å². The van der Waals surface area contributed by atoms with E-state index < -0.39 is 0 Å². The zero-order valence-corrected chi connectivity index (χ0v) is 9.66. The highest BCUT2D eigenvalue weighted by molar-refractivity contribution is 5.46. The second-order valence-electron chi connectivity index (χ2n) is 4.26. The minimum Gasteiger partial charge on any atom is -0.461 e. The predicted molar refractivity (Wildman–Crippen MR) is 62.8 cm³/mol. The van der Waals surface area contributed by atoms with Crippen molar-refractivity contribution in [3.63, 3.8) is 0 Å². The molecule has 2 aromatic rings. The third kappa shape index (κ3) is 2.73. The van der Waals surface area contributed by atoms with Crippen LogP contribution in [0.3, 0.4) is 0 Å². The molecular formula is C12H17N3O. The van der Waals surface area contributed by atoms with Crippen LogP contribution in [0.1, 0.15) is 19.5 Å². The quantitative estimate of drug-likeness (QED) is 0.812. The molecular weight excluding hydrogens is 202 g/mol. The van der Waals surface area contributed by atoms with Gasteiger partial charge in [-0.2, -0.15) is 0 Å². The normalized spacial score (nSPS) is 11.2. The molecule has 0 atom stereocenters. The smallest absolute Gasteiger partial charge is 0.173 e. The Morgan fingerprint density at radius 3 is 3.06 bits per heavy atom. The van der Waals surface area contributed by atoms with Gasteiger partial charge in [0.15, 0.2) is 11.6 Å². The van der Waals surface area contributed by atoms with Gasteiger partial charge in [-0.3, -0.25) is 0 Å². The lowest BCUT2D eigenvalue weighted by molar-refractivity contribution is 0.548. The molecule has 0 radical (unpaired) electrons. The van der Waals surface area contributed by atoms with Gasteiger partial charge in [-0.05, 0) is 24.6 Å². The number of nitrogens with one attached hydrogen (secondary N) is 2. The van der Waals surface area contributed by atoms with Crippen molar-refractivity contribution in [3.8, 4) is 11.6 Å². The Balaban J connectivity index is 1.93. The summed E-state index contributed by atoms with van der Waals surface area (Å²) in [5.74, 6) is 2.22. The molecule has 0 aliphatic heterocycles. The molecule has 86 valence electrons. The van der Waals surface area contributed by atoms with Crippen molar-refractivity contribution in [2.75, 3.05) is 6.54 Å². The predicted octanol–water partition coefficient (Wildman–Crippen LogP) is 2.42. The Bertz CT molecular complexity index is 417. The lowest BCUT2D eigenvalue weighted by atomic mass is 10.2. The molecule has 4 nitrogen and oxygen atoms in total. The van der Waals surface area contributed by atoms with Gasteiger partial charge in [-0.15, -0.1) is 0 Å². The largest absolute Gasteiger partial charge is 0.461 e. The number of hydrogen-bond acceptors (Lipinski definition) is 3. The van der Waals surface area contributed by atoms with E-state index in [0.29, 0.717) is 5.92 Å². The molecule has 0 fully saturated rings. The van der Waals surface area contributed by atoms with Crippen LogP contribution in [0.4, 0.5) is 0 Å². The summed E-state index contributed by atoms with van der Waals surface area (Å²) in [5, 5.41) is 3.36. The van der Waals surface area contributed by atoms with Crippen LogP contribution in [0.25, 0.3) is 11.6 Å². The highest BCUT2D eigenvalue weighted by Gasteiger charge is 2.05. The fourth-order valence-electron chi connectivity index (χ4n) is 1.48. The van der Waals surface area contributed by atoms with E-state index in [1.807, 2.05) is 18.3 Å². The third-order valence-electron chi connectivity index (χ3n) is 2.25. The molecule has 0 aliphatic rings. The van der Waals surface area contributed by atoms with Crippen molar-refractivity contribution >= 4 is 0 Å². The summed E-state index contributed by atoms with van der Waals surface area (Å²) in [6, 6.07) is 3.75. The van der Waals surface area contributed by atoms with Gasteiger partial charge in [0.2, 0.25) is 0 Å². The average Bonchev–Trinajstić information content (AvgIpc) is 2.85. The van der Waals surface area contributed by atoms with Crippen LogP contribution in [0.5, 0.6) is 0 Å². The van der Waals surface area contributed by atoms with Gasteiger partial charge in [0, 0.05) is 12.2 Å². The number of nitrogens with zero attached hydrogens (tertiary/aromatic N) is 1. The molecule has 0 amide bonds. The zero-order chi connectivity index (χ0) is 11.4. The first kappa shape index (κ1) is 11.0. The van der Waals surface area contributed by atoms with Gasteiger partial charge >= 0.3 is 0 Å². The molecule has 0 saturated carbocycles. The molecule has 0 aromatic carbocycles. The summed E-state index contributed by atoms with van der Waals surface area (Å²) in [5.41, 5.74) is 1.08. The summed E-state index contributed by atoms with van der Waals surface area (Å²) >= 11 is 0. The monoisotopic (exact) mass is 219 g/mol. The van der Waals surface area contributed by atoms with E-state index in [-0.39, 0.29) is 0 Å². The van der Waals surface area contributed by atoms with Gasteiger partial charge in [0.05, 0.1) is 12.5 Å². The maximum absolute atomic E-state index is 5.26. The fraction of sp³-hybridized carbons (Fsp3) is 0.417. The number of hydrogen-bond donors (Lipinski definition) is 2. The summed E-state index contributed by atoms with van der Waals surface area (Å²) in [6.07, 6.45) is 3.49. The average molecular weight is 219 g/mol. The molecule has 16 heavy (non-hydrogen) atoms. The van der Waals surface area contributed by atoms with Crippen molar-refractivity contribution in [2.24, 2.45) is 5.92 Å². The first-order valence-corrected chi connectivity index (χ1v) is 5.54. The molecule has 0 saturated heterocycles. The Morgan fingerprint density at radius 2 is 2.38 bits per heavy atom. The lowest BCUT2D eigenvalue weighted by Gasteiger charge is -2.05. The molecule has 2 heterocycles. The van der Waals surface area contributed by atoms with Crippen LogP contribution in [0.15, 0.2) is 29.0 Å². The topological polar surface area (TPSA) is 53.9 Å². The number of imidazole rings is 1. The van der Waals surface area contributed by atoms with E-state index in [2.05, 4.69) is 29.1 Å². The Labute approximate surface area is 95.1 Å². The van der Waals surface area contributed by atoms with E-state index >= 15 is 0 Å². The van der Waals surface area contributed by atoms with E-state index in [1.165, 1.54) is 0 Å². The molecule has 0 spiro atoms. The van der Waals surface area contributed by atoms with Gasteiger partial charge in [0.1, 0.15) is 0 Å². The van der Waals surface area contributed by atoms with Crippen LogP contribution in [0.2, 0.25) is 0 Å². The maximum Gasteiger partial charge on any atom is 0.173 e. The second-order valence-corrected chi connectivity index (χ2v) is 4.26. The van der Waals surface area contributed by atoms with Crippen LogP contribution in [0, 0.1) is 5.92 Å². The van der Waals surface area contributed by atoms with E-state index in [4.69, 9.17) is 4.42 Å². The van der Waals surface area contributed by atoms with Gasteiger partial charge in [-0.1, -0.05) is 13.8 Å². The first-order valence-electron chi connectivity index (χ1n) is 5.54. The second kappa shape index (κ2) is 4.99. The zero-order valence-electron chi connectivity index (χ0n) is 9.66. The molecule has 2 rings (SSSR count). The minimum atomic E-state index is 0.660. The molecule has 2 N–H and O–H groups in total. The summed E-state index contributed by atoms with van der Waals surface area (Å²) in [7, 11) is 0. The Kier molecular flexibility index (Phi) is 3.41. The van der Waals surface area contributed by atoms with E-state index in [1.54, 1.807) is 6.26 Å². The Morgan fingerprint density at radius 1 is 1.50 bits per heavy atom. The van der Waals surface area contributed by atoms with Gasteiger partial charge < -0.3 is 14.7 Å². The van der Waals surface area contributed by atoms with Gasteiger partial charge in [0.25, 0.3) is 0 Å². The van der Waals surface area contributed by atoms with Gasteiger partial charge in [-0.25, -0.2) is 4.98 Å². The van der Waals surface area contributed by atoms with E-state index in [0.717, 1.165) is 30.4 Å². The third-order valence-corrected chi connectivity index (χ3v) is 2.25. The van der Waals surface area contributed by atoms with Crippen LogP contribution < -0.4 is 5.32 Å². The number of aromatic amines is 1. The Hall–Kier alpha value is -1.55. The van der Waals surface area contributed by atoms with Crippen LogP contribution >= 0.6 is 0 Å². The maximum atomic E-state index is 5.26. The molecule has 0 bridgehead atoms. The molecule has 2 aromatic heterocycles. The SMILES string of the molecule is CC(C)CNCc1cnc(-c2ccco2)[nH]1.